The van der Waals surface area contributed by atoms with Gasteiger partial charge in [0.15, 0.2) is 0 Å². The number of benzene rings is 2. The second-order valence-corrected chi connectivity index (χ2v) is 5.59. The molecule has 6 nitrogen and oxygen atoms in total. The molecule has 2 aromatic rings. The molecule has 0 bridgehead atoms. The summed E-state index contributed by atoms with van der Waals surface area (Å²) in [6, 6.07) is 14.1. The van der Waals surface area contributed by atoms with Crippen molar-refractivity contribution in [3.63, 3.8) is 0 Å². The first-order chi connectivity index (χ1) is 11.0. The number of aliphatic imine (C=N–C) groups is 1. The molecule has 0 aromatic heterocycles. The molecule has 118 valence electrons. The van der Waals surface area contributed by atoms with Crippen LogP contribution in [0.1, 0.15) is 5.56 Å². The van der Waals surface area contributed by atoms with Crippen molar-refractivity contribution >= 4 is 33.3 Å². The van der Waals surface area contributed by atoms with Gasteiger partial charge in [-0.2, -0.15) is 5.26 Å². The van der Waals surface area contributed by atoms with Crippen molar-refractivity contribution in [1.82, 2.24) is 4.90 Å². The van der Waals surface area contributed by atoms with Gasteiger partial charge >= 0.3 is 0 Å². The van der Waals surface area contributed by atoms with E-state index in [1.807, 2.05) is 30.3 Å². The smallest absolute Gasteiger partial charge is 0.204 e. The summed E-state index contributed by atoms with van der Waals surface area (Å²) in [6.45, 7) is 0.243. The molecule has 0 saturated heterocycles. The molecule has 0 amide bonds. The molecule has 0 aliphatic heterocycles. The second kappa shape index (κ2) is 7.63. The van der Waals surface area contributed by atoms with Crippen LogP contribution in [0.3, 0.4) is 0 Å². The zero-order chi connectivity index (χ0) is 16.8. The van der Waals surface area contributed by atoms with E-state index >= 15 is 0 Å². The topological polar surface area (TPSA) is 97.7 Å². The summed E-state index contributed by atoms with van der Waals surface area (Å²) in [5, 5.41) is 21.9. The van der Waals surface area contributed by atoms with E-state index in [2.05, 4.69) is 26.2 Å². The fourth-order valence-corrected chi connectivity index (χ4v) is 2.15. The van der Waals surface area contributed by atoms with E-state index in [1.54, 1.807) is 24.1 Å². The van der Waals surface area contributed by atoms with E-state index < -0.39 is 0 Å². The Morgan fingerprint density at radius 3 is 2.74 bits per heavy atom. The molecule has 0 fully saturated rings. The Labute approximate surface area is 143 Å². The molecule has 2 rings (SSSR count). The van der Waals surface area contributed by atoms with E-state index in [0.29, 0.717) is 17.2 Å². The number of rotatable bonds is 3. The third-order valence-corrected chi connectivity index (χ3v) is 3.76. The number of anilines is 1. The summed E-state index contributed by atoms with van der Waals surface area (Å²) in [4.78, 5) is 6.24. The van der Waals surface area contributed by atoms with Crippen molar-refractivity contribution in [3.05, 3.63) is 52.5 Å². The van der Waals surface area contributed by atoms with Crippen LogP contribution in [0.15, 0.2) is 51.9 Å². The molecule has 0 radical (unpaired) electrons. The first-order valence-electron chi connectivity index (χ1n) is 6.79. The lowest BCUT2D eigenvalue weighted by Crippen LogP contribution is -2.37. The predicted octanol–water partition coefficient (Wildman–Crippen LogP) is 2.97. The Morgan fingerprint density at radius 1 is 1.39 bits per heavy atom. The number of hydrogen-bond acceptors (Lipinski definition) is 4. The summed E-state index contributed by atoms with van der Waals surface area (Å²) in [7, 11) is 1.78. The zero-order valence-electron chi connectivity index (χ0n) is 12.5. The Bertz CT molecular complexity index is 769. The lowest BCUT2D eigenvalue weighted by molar-refractivity contribution is 0.476. The number of guanidine groups is 1. The number of nitriles is 1. The fraction of sp³-hybridized carbons (Fsp3) is 0.125. The number of aromatic hydroxyl groups is 1. The average molecular weight is 374 g/mol. The molecule has 23 heavy (non-hydrogen) atoms. The summed E-state index contributed by atoms with van der Waals surface area (Å²) in [5.41, 5.74) is 7.23. The number of para-hydroxylation sites is 1. The van der Waals surface area contributed by atoms with Gasteiger partial charge in [0.1, 0.15) is 5.75 Å². The molecule has 0 heterocycles. The standard InChI is InChI=1S/C16H16BrN5O/c1-22(10-19)16(20-13-5-3-2-4-12(13)17)21-14-7-6-11(9-18)8-15(14)23/h2-8,23H,10,19H2,1H3,(H,20,21). The van der Waals surface area contributed by atoms with Gasteiger partial charge in [0.25, 0.3) is 0 Å². The fourth-order valence-electron chi connectivity index (χ4n) is 1.78. The van der Waals surface area contributed by atoms with E-state index in [1.165, 1.54) is 6.07 Å². The van der Waals surface area contributed by atoms with Gasteiger partial charge in [-0.15, -0.1) is 0 Å². The first kappa shape index (κ1) is 16.8. The average Bonchev–Trinajstić information content (AvgIpc) is 2.56. The number of nitrogens with one attached hydrogen (secondary N) is 1. The number of nitrogens with zero attached hydrogens (tertiary/aromatic N) is 3. The van der Waals surface area contributed by atoms with Gasteiger partial charge in [-0.25, -0.2) is 4.99 Å². The normalized spacial score (nSPS) is 11.0. The molecule has 0 aliphatic rings. The van der Waals surface area contributed by atoms with Crippen molar-refractivity contribution in [1.29, 1.82) is 5.26 Å². The maximum Gasteiger partial charge on any atom is 0.204 e. The van der Waals surface area contributed by atoms with E-state index in [9.17, 15) is 5.11 Å². The van der Waals surface area contributed by atoms with Crippen molar-refractivity contribution in [2.75, 3.05) is 19.0 Å². The minimum Gasteiger partial charge on any atom is -0.506 e. The highest BCUT2D eigenvalue weighted by Gasteiger charge is 2.10. The van der Waals surface area contributed by atoms with Gasteiger partial charge in [-0.05, 0) is 46.3 Å². The third-order valence-electron chi connectivity index (χ3n) is 3.09. The highest BCUT2D eigenvalue weighted by Crippen LogP contribution is 2.27. The molecule has 4 N–H and O–H groups in total. The van der Waals surface area contributed by atoms with Gasteiger partial charge in [-0.1, -0.05) is 12.1 Å². The lowest BCUT2D eigenvalue weighted by atomic mass is 10.2. The van der Waals surface area contributed by atoms with E-state index in [-0.39, 0.29) is 12.4 Å². The van der Waals surface area contributed by atoms with Crippen LogP contribution in [0.4, 0.5) is 11.4 Å². The van der Waals surface area contributed by atoms with Crippen molar-refractivity contribution in [2.24, 2.45) is 10.7 Å². The second-order valence-electron chi connectivity index (χ2n) is 4.74. The predicted molar refractivity (Wildman–Crippen MR) is 94.5 cm³/mol. The maximum atomic E-state index is 10.0. The molecule has 0 unspecified atom stereocenters. The van der Waals surface area contributed by atoms with E-state index in [4.69, 9.17) is 11.0 Å². The molecule has 7 heteroatoms. The van der Waals surface area contributed by atoms with Gasteiger partial charge in [-0.3, -0.25) is 0 Å². The van der Waals surface area contributed by atoms with Crippen LogP contribution in [0.2, 0.25) is 0 Å². The maximum absolute atomic E-state index is 10.0. The van der Waals surface area contributed by atoms with Crippen LogP contribution < -0.4 is 11.1 Å². The van der Waals surface area contributed by atoms with Crippen LogP contribution >= 0.6 is 15.9 Å². The van der Waals surface area contributed by atoms with Crippen LogP contribution in [0.5, 0.6) is 5.75 Å². The highest BCUT2D eigenvalue weighted by atomic mass is 79.9. The van der Waals surface area contributed by atoms with Crippen LogP contribution in [0.25, 0.3) is 0 Å². The van der Waals surface area contributed by atoms with Crippen molar-refractivity contribution in [3.8, 4) is 11.8 Å². The van der Waals surface area contributed by atoms with Gasteiger partial charge < -0.3 is 21.1 Å². The zero-order valence-corrected chi connectivity index (χ0v) is 14.1. The number of nitrogens with two attached hydrogens (primary N) is 1. The highest BCUT2D eigenvalue weighted by molar-refractivity contribution is 9.10. The van der Waals surface area contributed by atoms with E-state index in [0.717, 1.165) is 10.2 Å². The number of phenolic OH excluding ortho intramolecular Hbond substituents is 1. The molecule has 0 spiro atoms. The van der Waals surface area contributed by atoms with Gasteiger partial charge in [0, 0.05) is 11.5 Å². The summed E-state index contributed by atoms with van der Waals surface area (Å²) in [6.07, 6.45) is 0. The molecular weight excluding hydrogens is 358 g/mol. The SMILES string of the molecule is CN(CN)C(=Nc1ccccc1Br)Nc1ccc(C#N)cc1O. The first-order valence-corrected chi connectivity index (χ1v) is 7.59. The largest absolute Gasteiger partial charge is 0.506 e. The summed E-state index contributed by atoms with van der Waals surface area (Å²) < 4.78 is 0.841. The number of hydrogen-bond donors (Lipinski definition) is 3. The van der Waals surface area contributed by atoms with Gasteiger partial charge in [0.05, 0.1) is 29.7 Å². The Kier molecular flexibility index (Phi) is 5.57. The molecule has 0 saturated carbocycles. The minimum atomic E-state index is -0.0331. The molecular formula is C16H16BrN5O. The molecule has 0 atom stereocenters. The Hall–Kier alpha value is -2.56. The molecule has 0 aliphatic carbocycles. The summed E-state index contributed by atoms with van der Waals surface area (Å²) >= 11 is 3.44. The molecule has 2 aromatic carbocycles. The van der Waals surface area contributed by atoms with Crippen LogP contribution in [-0.2, 0) is 0 Å². The van der Waals surface area contributed by atoms with Gasteiger partial charge in [0.2, 0.25) is 5.96 Å². The third kappa shape index (κ3) is 4.22. The Balaban J connectivity index is 2.37. The van der Waals surface area contributed by atoms with Crippen LogP contribution in [0, 0.1) is 11.3 Å². The van der Waals surface area contributed by atoms with Crippen molar-refractivity contribution in [2.45, 2.75) is 0 Å². The van der Waals surface area contributed by atoms with Crippen molar-refractivity contribution < 1.29 is 5.11 Å². The summed E-state index contributed by atoms with van der Waals surface area (Å²) in [5.74, 6) is 0.439. The number of halogens is 1. The Morgan fingerprint density at radius 2 is 2.13 bits per heavy atom. The minimum absolute atomic E-state index is 0.0331. The quantitative estimate of drug-likeness (QED) is 0.332. The lowest BCUT2D eigenvalue weighted by Gasteiger charge is -2.21. The number of phenols is 1. The van der Waals surface area contributed by atoms with Crippen LogP contribution in [-0.4, -0.2) is 29.7 Å². The monoisotopic (exact) mass is 373 g/mol.